The Bertz CT molecular complexity index is 137. The topological polar surface area (TPSA) is 35.2 Å². The highest BCUT2D eigenvalue weighted by Gasteiger charge is 1.98. The van der Waals surface area contributed by atoms with Gasteiger partial charge in [0.1, 0.15) is 0 Å². The molecule has 1 atom stereocenters. The van der Waals surface area contributed by atoms with E-state index in [4.69, 9.17) is 10.5 Å². The van der Waals surface area contributed by atoms with Crippen molar-refractivity contribution in [2.75, 3.05) is 0 Å². The third-order valence-electron chi connectivity index (χ3n) is 0.994. The SMILES string of the molecule is CC1=CC(N)OC=C1. The molecule has 0 aromatic carbocycles. The van der Waals surface area contributed by atoms with Crippen LogP contribution in [0.4, 0.5) is 0 Å². The van der Waals surface area contributed by atoms with Gasteiger partial charge in [0.25, 0.3) is 0 Å². The van der Waals surface area contributed by atoms with Crippen LogP contribution in [-0.4, -0.2) is 6.23 Å². The molecule has 0 aliphatic carbocycles. The van der Waals surface area contributed by atoms with Gasteiger partial charge in [-0.2, -0.15) is 0 Å². The van der Waals surface area contributed by atoms with E-state index in [9.17, 15) is 0 Å². The number of ether oxygens (including phenoxy) is 1. The zero-order valence-corrected chi connectivity index (χ0v) is 4.79. The molecule has 1 unspecified atom stereocenters. The molecule has 0 spiro atoms. The monoisotopic (exact) mass is 111 g/mol. The van der Waals surface area contributed by atoms with Gasteiger partial charge in [-0.3, -0.25) is 5.73 Å². The molecule has 0 saturated carbocycles. The van der Waals surface area contributed by atoms with Gasteiger partial charge in [-0.15, -0.1) is 0 Å². The molecule has 8 heavy (non-hydrogen) atoms. The Morgan fingerprint density at radius 2 is 2.50 bits per heavy atom. The van der Waals surface area contributed by atoms with Crippen molar-refractivity contribution in [2.45, 2.75) is 13.2 Å². The molecule has 2 N–H and O–H groups in total. The zero-order valence-electron chi connectivity index (χ0n) is 4.79. The first-order valence-corrected chi connectivity index (χ1v) is 2.55. The number of hydrogen-bond donors (Lipinski definition) is 1. The second kappa shape index (κ2) is 2.01. The van der Waals surface area contributed by atoms with Crippen molar-refractivity contribution >= 4 is 0 Å². The van der Waals surface area contributed by atoms with Gasteiger partial charge >= 0.3 is 0 Å². The second-order valence-corrected chi connectivity index (χ2v) is 1.81. The number of hydrogen-bond acceptors (Lipinski definition) is 2. The van der Waals surface area contributed by atoms with Crippen molar-refractivity contribution in [3.8, 4) is 0 Å². The van der Waals surface area contributed by atoms with E-state index in [0.29, 0.717) is 0 Å². The fourth-order valence-electron chi connectivity index (χ4n) is 0.591. The van der Waals surface area contributed by atoms with Crippen LogP contribution >= 0.6 is 0 Å². The fraction of sp³-hybridized carbons (Fsp3) is 0.333. The van der Waals surface area contributed by atoms with Crippen LogP contribution < -0.4 is 5.73 Å². The Labute approximate surface area is 48.6 Å². The van der Waals surface area contributed by atoms with Gasteiger partial charge in [-0.05, 0) is 24.6 Å². The van der Waals surface area contributed by atoms with E-state index in [2.05, 4.69) is 0 Å². The molecule has 0 saturated heterocycles. The minimum Gasteiger partial charge on any atom is -0.480 e. The van der Waals surface area contributed by atoms with Crippen molar-refractivity contribution < 1.29 is 4.74 Å². The Morgan fingerprint density at radius 3 is 2.88 bits per heavy atom. The number of nitrogens with two attached hydrogens (primary N) is 1. The van der Waals surface area contributed by atoms with Gasteiger partial charge in [-0.1, -0.05) is 0 Å². The molecule has 1 heterocycles. The molecule has 0 amide bonds. The fourth-order valence-corrected chi connectivity index (χ4v) is 0.591. The summed E-state index contributed by atoms with van der Waals surface area (Å²) >= 11 is 0. The first-order chi connectivity index (χ1) is 3.79. The third kappa shape index (κ3) is 1.10. The highest BCUT2D eigenvalue weighted by Crippen LogP contribution is 2.03. The maximum Gasteiger partial charge on any atom is 0.166 e. The minimum absolute atomic E-state index is 0.236. The van der Waals surface area contributed by atoms with Gasteiger partial charge in [0.15, 0.2) is 6.23 Å². The summed E-state index contributed by atoms with van der Waals surface area (Å²) in [6.45, 7) is 1.98. The Morgan fingerprint density at radius 1 is 1.75 bits per heavy atom. The lowest BCUT2D eigenvalue weighted by atomic mass is 10.2. The summed E-state index contributed by atoms with van der Waals surface area (Å²) in [5.41, 5.74) is 6.53. The molecule has 1 rings (SSSR count). The highest BCUT2D eigenvalue weighted by molar-refractivity contribution is 5.18. The van der Waals surface area contributed by atoms with Crippen molar-refractivity contribution in [1.82, 2.24) is 0 Å². The van der Waals surface area contributed by atoms with Gasteiger partial charge in [0.05, 0.1) is 6.26 Å². The molecule has 44 valence electrons. The molecule has 0 radical (unpaired) electrons. The zero-order chi connectivity index (χ0) is 5.98. The maximum atomic E-state index is 5.38. The van der Waals surface area contributed by atoms with E-state index in [1.807, 2.05) is 19.1 Å². The number of allylic oxidation sites excluding steroid dienone is 2. The predicted octanol–water partition coefficient (Wildman–Crippen LogP) is 0.761. The van der Waals surface area contributed by atoms with Crippen LogP contribution in [0.15, 0.2) is 24.0 Å². The molecule has 1 aliphatic rings. The van der Waals surface area contributed by atoms with E-state index >= 15 is 0 Å². The Balaban J connectivity index is 2.63. The maximum absolute atomic E-state index is 5.38. The standard InChI is InChI=1S/C6H9NO/c1-5-2-3-8-6(7)4-5/h2-4,6H,7H2,1H3. The molecule has 0 fully saturated rings. The predicted molar refractivity (Wildman–Crippen MR) is 32.0 cm³/mol. The highest BCUT2D eigenvalue weighted by atomic mass is 16.5. The lowest BCUT2D eigenvalue weighted by molar-refractivity contribution is 0.188. The van der Waals surface area contributed by atoms with Crippen LogP contribution in [0.5, 0.6) is 0 Å². The first-order valence-electron chi connectivity index (χ1n) is 2.55. The quantitative estimate of drug-likeness (QED) is 0.501. The molecule has 0 aromatic rings. The van der Waals surface area contributed by atoms with E-state index in [-0.39, 0.29) is 6.23 Å². The summed E-state index contributed by atoms with van der Waals surface area (Å²) in [6.07, 6.45) is 5.11. The van der Waals surface area contributed by atoms with Crippen LogP contribution in [0.2, 0.25) is 0 Å². The van der Waals surface area contributed by atoms with E-state index in [1.165, 1.54) is 0 Å². The summed E-state index contributed by atoms with van der Waals surface area (Å²) in [4.78, 5) is 0. The minimum atomic E-state index is -0.236. The lowest BCUT2D eigenvalue weighted by Gasteiger charge is -2.10. The van der Waals surface area contributed by atoms with E-state index in [1.54, 1.807) is 6.26 Å². The average molecular weight is 111 g/mol. The molecule has 0 bridgehead atoms. The summed E-state index contributed by atoms with van der Waals surface area (Å²) in [5, 5.41) is 0. The van der Waals surface area contributed by atoms with Crippen LogP contribution in [-0.2, 0) is 4.74 Å². The van der Waals surface area contributed by atoms with Gasteiger partial charge < -0.3 is 4.74 Å². The van der Waals surface area contributed by atoms with Crippen molar-refractivity contribution in [1.29, 1.82) is 0 Å². The molecule has 1 aliphatic heterocycles. The normalized spacial score (nSPS) is 26.8. The molecular weight excluding hydrogens is 102 g/mol. The third-order valence-corrected chi connectivity index (χ3v) is 0.994. The summed E-state index contributed by atoms with van der Waals surface area (Å²) in [6, 6.07) is 0. The molecule has 2 nitrogen and oxygen atoms in total. The van der Waals surface area contributed by atoms with Crippen molar-refractivity contribution in [2.24, 2.45) is 5.73 Å². The van der Waals surface area contributed by atoms with Crippen LogP contribution in [0.3, 0.4) is 0 Å². The Hall–Kier alpha value is -0.760. The van der Waals surface area contributed by atoms with Crippen LogP contribution in [0.1, 0.15) is 6.92 Å². The van der Waals surface area contributed by atoms with Gasteiger partial charge in [0, 0.05) is 0 Å². The first kappa shape index (κ1) is 5.38. The number of rotatable bonds is 0. The molecule has 2 heteroatoms. The summed E-state index contributed by atoms with van der Waals surface area (Å²) < 4.78 is 4.87. The average Bonchev–Trinajstić information content (AvgIpc) is 1.64. The summed E-state index contributed by atoms with van der Waals surface area (Å²) in [5.74, 6) is 0. The van der Waals surface area contributed by atoms with Crippen molar-refractivity contribution in [3.63, 3.8) is 0 Å². The van der Waals surface area contributed by atoms with E-state index < -0.39 is 0 Å². The lowest BCUT2D eigenvalue weighted by Crippen LogP contribution is -2.20. The molecule has 0 aromatic heterocycles. The van der Waals surface area contributed by atoms with Gasteiger partial charge in [0.2, 0.25) is 0 Å². The largest absolute Gasteiger partial charge is 0.480 e. The smallest absolute Gasteiger partial charge is 0.166 e. The van der Waals surface area contributed by atoms with Crippen LogP contribution in [0.25, 0.3) is 0 Å². The van der Waals surface area contributed by atoms with Crippen LogP contribution in [0, 0.1) is 0 Å². The van der Waals surface area contributed by atoms with Crippen molar-refractivity contribution in [3.05, 3.63) is 24.0 Å². The second-order valence-electron chi connectivity index (χ2n) is 1.81. The summed E-state index contributed by atoms with van der Waals surface area (Å²) in [7, 11) is 0. The van der Waals surface area contributed by atoms with E-state index in [0.717, 1.165) is 5.57 Å². The Kier molecular flexibility index (Phi) is 1.35. The van der Waals surface area contributed by atoms with Gasteiger partial charge in [-0.25, -0.2) is 0 Å². The molecular formula is C6H9NO.